The molecule has 0 aliphatic heterocycles. The molecule has 1 aromatic heterocycles. The molecule has 0 atom stereocenters. The van der Waals surface area contributed by atoms with E-state index in [1.165, 1.54) is 0 Å². The van der Waals surface area contributed by atoms with E-state index >= 15 is 0 Å². The van der Waals surface area contributed by atoms with Crippen molar-refractivity contribution in [2.24, 2.45) is 0 Å². The number of nitrogen functional groups attached to an aromatic ring is 1. The quantitative estimate of drug-likeness (QED) is 0.649. The predicted molar refractivity (Wildman–Crippen MR) is 40.7 cm³/mol. The third kappa shape index (κ3) is 3.61. The van der Waals surface area contributed by atoms with E-state index in [1.54, 1.807) is 0 Å². The van der Waals surface area contributed by atoms with Gasteiger partial charge in [-0.3, -0.25) is 0 Å². The first-order valence-corrected chi connectivity index (χ1v) is 3.80. The molecule has 0 saturated heterocycles. The first kappa shape index (κ1) is 12.6. The van der Waals surface area contributed by atoms with Gasteiger partial charge < -0.3 is 10.5 Å². The molecule has 0 spiro atoms. The Morgan fingerprint density at radius 3 is 2.06 bits per heavy atom. The molecule has 2 N–H and O–H groups in total. The number of hydrogen-bond acceptors (Lipinski definition) is 5. The average molecular weight is 265 g/mol. The van der Waals surface area contributed by atoms with Gasteiger partial charge in [0, 0.05) is 11.6 Å². The molecule has 90 valence electrons. The van der Waals surface area contributed by atoms with Crippen molar-refractivity contribution < 1.29 is 26.7 Å². The number of rotatable bonds is 2. The highest BCUT2D eigenvalue weighted by atomic mass is 35.5. The number of halogens is 6. The maximum absolute atomic E-state index is 12.1. The van der Waals surface area contributed by atoms with Gasteiger partial charge in [-0.15, -0.1) is 8.78 Å². The first-order valence-electron chi connectivity index (χ1n) is 3.42. The van der Waals surface area contributed by atoms with Crippen molar-refractivity contribution in [3.05, 3.63) is 5.82 Å². The molecule has 11 heteroatoms. The Morgan fingerprint density at radius 2 is 1.62 bits per heavy atom. The molecular weight excluding hydrogens is 263 g/mol. The Hall–Kier alpha value is -1.45. The van der Waals surface area contributed by atoms with Crippen molar-refractivity contribution in [3.63, 3.8) is 0 Å². The van der Waals surface area contributed by atoms with E-state index in [4.69, 9.17) is 5.73 Å². The molecule has 0 radical (unpaired) electrons. The molecule has 0 aliphatic carbocycles. The molecule has 0 bridgehead atoms. The van der Waals surface area contributed by atoms with Crippen molar-refractivity contribution in [2.45, 2.75) is 11.7 Å². The molecule has 1 aromatic rings. The molecule has 0 aliphatic rings. The van der Waals surface area contributed by atoms with Crippen LogP contribution in [0.5, 0.6) is 6.01 Å². The maximum atomic E-state index is 12.1. The summed E-state index contributed by atoms with van der Waals surface area (Å²) in [5, 5.41) is 0. The zero-order valence-electron chi connectivity index (χ0n) is 7.10. The molecule has 0 saturated carbocycles. The number of aromatic nitrogens is 3. The van der Waals surface area contributed by atoms with Gasteiger partial charge in [-0.2, -0.15) is 28.1 Å². The predicted octanol–water partition coefficient (Wildman–Crippen LogP) is 1.64. The summed E-state index contributed by atoms with van der Waals surface area (Å²) >= 11 is 4.31. The van der Waals surface area contributed by atoms with E-state index in [0.29, 0.717) is 0 Å². The van der Waals surface area contributed by atoms with Crippen molar-refractivity contribution >= 4 is 17.5 Å². The zero-order chi connectivity index (χ0) is 12.6. The summed E-state index contributed by atoms with van der Waals surface area (Å²) < 4.78 is 64.0. The Morgan fingerprint density at radius 1 is 1.06 bits per heavy atom. The minimum absolute atomic E-state index is 0.918. The van der Waals surface area contributed by atoms with Crippen LogP contribution in [0, 0.1) is 0 Å². The number of nitrogens with zero attached hydrogens (tertiary/aromatic N) is 3. The molecular formula is C5H2ClF5N4O. The van der Waals surface area contributed by atoms with Gasteiger partial charge in [-0.1, -0.05) is 0 Å². The van der Waals surface area contributed by atoms with E-state index in [-0.39, 0.29) is 0 Å². The third-order valence-electron chi connectivity index (χ3n) is 1.09. The van der Waals surface area contributed by atoms with Crippen LogP contribution in [-0.4, -0.2) is 20.5 Å². The van der Waals surface area contributed by atoms with Crippen LogP contribution >= 0.6 is 11.6 Å². The Balaban J connectivity index is 3.09. The van der Waals surface area contributed by atoms with Crippen LogP contribution in [0.4, 0.5) is 27.9 Å². The highest BCUT2D eigenvalue weighted by Crippen LogP contribution is 2.29. The standard InChI is InChI=1S/C5H2ClF5N4O/c6-5(10,11)16-3-14-1(4(7,8)9)13-2(12)15-3/h(H2,12,13,14,15). The number of anilines is 1. The lowest BCUT2D eigenvalue weighted by atomic mass is 10.6. The number of alkyl halides is 6. The number of nitrogens with two attached hydrogens (primary N) is 1. The van der Waals surface area contributed by atoms with Gasteiger partial charge in [0.2, 0.25) is 11.8 Å². The van der Waals surface area contributed by atoms with Crippen LogP contribution in [0.1, 0.15) is 5.82 Å². The Kier molecular flexibility index (Phi) is 3.03. The monoisotopic (exact) mass is 264 g/mol. The summed E-state index contributed by atoms with van der Waals surface area (Å²) in [7, 11) is 0. The zero-order valence-corrected chi connectivity index (χ0v) is 7.85. The van der Waals surface area contributed by atoms with Crippen LogP contribution in [0.2, 0.25) is 0 Å². The smallest absolute Gasteiger partial charge is 0.385 e. The van der Waals surface area contributed by atoms with E-state index in [0.717, 1.165) is 0 Å². The lowest BCUT2D eigenvalue weighted by molar-refractivity contribution is -0.147. The highest BCUT2D eigenvalue weighted by Gasteiger charge is 2.37. The van der Waals surface area contributed by atoms with Crippen LogP contribution in [0.15, 0.2) is 0 Å². The topological polar surface area (TPSA) is 73.9 Å². The van der Waals surface area contributed by atoms with Gasteiger partial charge >= 0.3 is 17.8 Å². The van der Waals surface area contributed by atoms with Crippen molar-refractivity contribution in [3.8, 4) is 6.01 Å². The Bertz CT molecular complexity index is 391. The van der Waals surface area contributed by atoms with E-state index in [9.17, 15) is 22.0 Å². The van der Waals surface area contributed by atoms with Crippen LogP contribution in [0.3, 0.4) is 0 Å². The van der Waals surface area contributed by atoms with Crippen LogP contribution < -0.4 is 10.5 Å². The largest absolute Gasteiger partial charge is 0.489 e. The summed E-state index contributed by atoms with van der Waals surface area (Å²) in [5.41, 5.74) is 0.605. The minimum atomic E-state index is -4.96. The Labute approximate surface area is 89.4 Å². The SMILES string of the molecule is Nc1nc(OC(F)(F)Cl)nc(C(F)(F)F)n1. The molecule has 0 unspecified atom stereocenters. The van der Waals surface area contributed by atoms with Gasteiger partial charge in [0.05, 0.1) is 0 Å². The number of hydrogen-bond donors (Lipinski definition) is 1. The van der Waals surface area contributed by atoms with Crippen molar-refractivity contribution in [2.75, 3.05) is 5.73 Å². The van der Waals surface area contributed by atoms with Gasteiger partial charge in [-0.05, 0) is 0 Å². The lowest BCUT2D eigenvalue weighted by Crippen LogP contribution is -2.21. The number of ether oxygens (including phenoxy) is 1. The molecule has 0 aromatic carbocycles. The fourth-order valence-corrected chi connectivity index (χ4v) is 0.717. The molecule has 1 heterocycles. The van der Waals surface area contributed by atoms with Crippen molar-refractivity contribution in [1.29, 1.82) is 0 Å². The highest BCUT2D eigenvalue weighted by molar-refractivity contribution is 6.20. The fraction of sp³-hybridized carbons (Fsp3) is 0.400. The lowest BCUT2D eigenvalue weighted by Gasteiger charge is -2.10. The third-order valence-corrected chi connectivity index (χ3v) is 1.17. The van der Waals surface area contributed by atoms with Gasteiger partial charge in [0.25, 0.3) is 0 Å². The molecule has 0 amide bonds. The van der Waals surface area contributed by atoms with Crippen LogP contribution in [-0.2, 0) is 6.18 Å². The average Bonchev–Trinajstić information content (AvgIpc) is 1.97. The maximum Gasteiger partial charge on any atom is 0.489 e. The second-order valence-corrected chi connectivity index (χ2v) is 2.79. The van der Waals surface area contributed by atoms with E-state index in [2.05, 4.69) is 31.3 Å². The summed E-state index contributed by atoms with van der Waals surface area (Å²) in [5.74, 6) is -2.67. The first-order chi connectivity index (χ1) is 7.08. The molecule has 5 nitrogen and oxygen atoms in total. The second kappa shape index (κ2) is 3.85. The molecule has 1 rings (SSSR count). The fourth-order valence-electron chi connectivity index (χ4n) is 0.648. The molecule has 16 heavy (non-hydrogen) atoms. The van der Waals surface area contributed by atoms with E-state index in [1.807, 2.05) is 0 Å². The van der Waals surface area contributed by atoms with Gasteiger partial charge in [0.15, 0.2) is 0 Å². The van der Waals surface area contributed by atoms with E-state index < -0.39 is 29.5 Å². The van der Waals surface area contributed by atoms with Crippen molar-refractivity contribution in [1.82, 2.24) is 15.0 Å². The minimum Gasteiger partial charge on any atom is -0.385 e. The van der Waals surface area contributed by atoms with Gasteiger partial charge in [-0.25, -0.2) is 0 Å². The summed E-state index contributed by atoms with van der Waals surface area (Å²) in [6.07, 6.45) is -4.96. The summed E-state index contributed by atoms with van der Waals surface area (Å²) in [4.78, 5) is 8.18. The normalized spacial score (nSPS) is 12.6. The summed E-state index contributed by atoms with van der Waals surface area (Å²) in [6.45, 7) is 0. The molecule has 0 fully saturated rings. The van der Waals surface area contributed by atoms with Gasteiger partial charge in [0.1, 0.15) is 0 Å². The summed E-state index contributed by atoms with van der Waals surface area (Å²) in [6, 6.07) is -1.32. The second-order valence-electron chi connectivity index (χ2n) is 2.35. The van der Waals surface area contributed by atoms with Crippen LogP contribution in [0.25, 0.3) is 0 Å².